The van der Waals surface area contributed by atoms with E-state index < -0.39 is 11.7 Å². The summed E-state index contributed by atoms with van der Waals surface area (Å²) in [7, 11) is 0. The number of hydrogen-bond acceptors (Lipinski definition) is 1. The lowest BCUT2D eigenvalue weighted by molar-refractivity contribution is -0.137. The zero-order chi connectivity index (χ0) is 17.0. The minimum Gasteiger partial charge on any atom is -0.370 e. The summed E-state index contributed by atoms with van der Waals surface area (Å²) in [5.74, 6) is -0.330. The van der Waals surface area contributed by atoms with Crippen LogP contribution in [0, 0.1) is 0 Å². The maximum atomic E-state index is 12.7. The lowest BCUT2D eigenvalue weighted by atomic mass is 10.0. The molecule has 0 aliphatic rings. The Morgan fingerprint density at radius 1 is 0.870 bits per heavy atom. The Hall–Kier alpha value is -3.03. The number of rotatable bonds is 2. The van der Waals surface area contributed by atoms with Crippen LogP contribution in [0.1, 0.15) is 5.56 Å². The van der Waals surface area contributed by atoms with Crippen LogP contribution < -0.4 is 17.2 Å². The molecule has 0 aromatic heterocycles. The molecule has 0 saturated carbocycles. The predicted molar refractivity (Wildman–Crippen MR) is 84.0 cm³/mol. The smallest absolute Gasteiger partial charge is 0.370 e. The average molecular weight is 321 g/mol. The van der Waals surface area contributed by atoms with Crippen molar-refractivity contribution < 1.29 is 13.2 Å². The van der Waals surface area contributed by atoms with Crippen molar-refractivity contribution in [2.45, 2.75) is 6.18 Å². The summed E-state index contributed by atoms with van der Waals surface area (Å²) in [5, 5.41) is 0. The highest BCUT2D eigenvalue weighted by Crippen LogP contribution is 2.32. The molecule has 0 heterocycles. The van der Waals surface area contributed by atoms with Gasteiger partial charge in [0.1, 0.15) is 0 Å². The molecule has 0 saturated heterocycles. The van der Waals surface area contributed by atoms with Gasteiger partial charge in [0.25, 0.3) is 0 Å². The average Bonchev–Trinajstić information content (AvgIpc) is 2.46. The van der Waals surface area contributed by atoms with E-state index >= 15 is 0 Å². The minimum absolute atomic E-state index is 0.114. The molecule has 0 fully saturated rings. The van der Waals surface area contributed by atoms with Gasteiger partial charge in [0.05, 0.1) is 11.3 Å². The van der Waals surface area contributed by atoms with Crippen molar-refractivity contribution in [3.8, 4) is 11.1 Å². The number of hydrogen-bond donors (Lipinski definition) is 3. The van der Waals surface area contributed by atoms with Crippen LogP contribution in [0.2, 0.25) is 0 Å². The molecule has 5 nitrogen and oxygen atoms in total. The van der Waals surface area contributed by atoms with Crippen molar-refractivity contribution in [3.63, 3.8) is 0 Å². The summed E-state index contributed by atoms with van der Waals surface area (Å²) in [5.41, 5.74) is 16.7. The van der Waals surface area contributed by atoms with E-state index in [9.17, 15) is 13.2 Å². The van der Waals surface area contributed by atoms with Gasteiger partial charge in [0.15, 0.2) is 5.96 Å². The van der Waals surface area contributed by atoms with Crippen LogP contribution in [0.3, 0.4) is 0 Å². The van der Waals surface area contributed by atoms with E-state index in [1.165, 1.54) is 6.07 Å². The lowest BCUT2D eigenvalue weighted by Crippen LogP contribution is -2.26. The van der Waals surface area contributed by atoms with Crippen LogP contribution in [-0.4, -0.2) is 11.9 Å². The van der Waals surface area contributed by atoms with Gasteiger partial charge in [-0.05, 0) is 35.4 Å². The summed E-state index contributed by atoms with van der Waals surface area (Å²) in [6.45, 7) is 0. The molecule has 0 aliphatic carbocycles. The molecule has 0 bridgehead atoms. The van der Waals surface area contributed by atoms with Gasteiger partial charge in [0.2, 0.25) is 5.96 Å². The predicted octanol–water partition coefficient (Wildman–Crippen LogP) is 2.59. The van der Waals surface area contributed by atoms with Gasteiger partial charge in [-0.15, -0.1) is 0 Å². The third-order valence-electron chi connectivity index (χ3n) is 2.88. The molecule has 6 N–H and O–H groups in total. The molecule has 23 heavy (non-hydrogen) atoms. The first kappa shape index (κ1) is 16.3. The van der Waals surface area contributed by atoms with Gasteiger partial charge >= 0.3 is 6.18 Å². The molecule has 0 radical (unpaired) electrons. The lowest BCUT2D eigenvalue weighted by Gasteiger charge is -2.09. The van der Waals surface area contributed by atoms with Gasteiger partial charge in [-0.2, -0.15) is 18.2 Å². The van der Waals surface area contributed by atoms with Crippen LogP contribution in [0.5, 0.6) is 0 Å². The van der Waals surface area contributed by atoms with Gasteiger partial charge < -0.3 is 17.2 Å². The van der Waals surface area contributed by atoms with E-state index in [1.807, 2.05) is 0 Å². The fourth-order valence-corrected chi connectivity index (χ4v) is 1.89. The highest BCUT2D eigenvalue weighted by molar-refractivity contribution is 5.93. The molecule has 8 heteroatoms. The first-order valence-corrected chi connectivity index (χ1v) is 6.47. The van der Waals surface area contributed by atoms with E-state index in [-0.39, 0.29) is 11.9 Å². The standard InChI is InChI=1S/C15H14F3N5/c16-15(17,18)11-3-1-2-10(8-11)9-4-6-12(7-5-9)22-14(21)23-13(19)20/h1-8H,(H6,19,20,21,22,23). The second-order valence-electron chi connectivity index (χ2n) is 4.63. The SMILES string of the molecule is NC(N)=NC(N)=Nc1ccc(-c2cccc(C(F)(F)F)c2)cc1. The quantitative estimate of drug-likeness (QED) is 0.585. The highest BCUT2D eigenvalue weighted by atomic mass is 19.4. The summed E-state index contributed by atoms with van der Waals surface area (Å²) in [6.07, 6.45) is -4.38. The van der Waals surface area contributed by atoms with E-state index in [0.717, 1.165) is 12.1 Å². The monoisotopic (exact) mass is 321 g/mol. The molecular formula is C15H14F3N5. The van der Waals surface area contributed by atoms with Crippen LogP contribution in [0.4, 0.5) is 18.9 Å². The fraction of sp³-hybridized carbons (Fsp3) is 0.0667. The van der Waals surface area contributed by atoms with Crippen molar-refractivity contribution in [2.75, 3.05) is 0 Å². The molecule has 0 atom stereocenters. The highest BCUT2D eigenvalue weighted by Gasteiger charge is 2.30. The molecule has 2 aromatic carbocycles. The van der Waals surface area contributed by atoms with E-state index in [4.69, 9.17) is 17.2 Å². The van der Waals surface area contributed by atoms with E-state index in [1.54, 1.807) is 30.3 Å². The number of halogens is 3. The molecule has 2 aromatic rings. The molecule has 2 rings (SSSR count). The Bertz CT molecular complexity index is 744. The Morgan fingerprint density at radius 3 is 2.09 bits per heavy atom. The molecule has 0 aliphatic heterocycles. The maximum Gasteiger partial charge on any atom is 0.416 e. The Balaban J connectivity index is 2.29. The zero-order valence-corrected chi connectivity index (χ0v) is 11.9. The van der Waals surface area contributed by atoms with Crippen molar-refractivity contribution >= 4 is 17.6 Å². The van der Waals surface area contributed by atoms with Crippen LogP contribution in [0.25, 0.3) is 11.1 Å². The third kappa shape index (κ3) is 4.47. The second kappa shape index (κ2) is 6.39. The zero-order valence-electron chi connectivity index (χ0n) is 11.9. The fourth-order valence-electron chi connectivity index (χ4n) is 1.89. The van der Waals surface area contributed by atoms with Gasteiger partial charge in [-0.25, -0.2) is 4.99 Å². The van der Waals surface area contributed by atoms with E-state index in [0.29, 0.717) is 16.8 Å². The number of nitrogens with two attached hydrogens (primary N) is 3. The normalized spacial score (nSPS) is 12.0. The largest absolute Gasteiger partial charge is 0.416 e. The molecule has 120 valence electrons. The summed E-state index contributed by atoms with van der Waals surface area (Å²) in [4.78, 5) is 7.52. The summed E-state index contributed by atoms with van der Waals surface area (Å²) in [6, 6.07) is 11.6. The van der Waals surface area contributed by atoms with Crippen LogP contribution in [-0.2, 0) is 6.18 Å². The Labute approximate surface area is 130 Å². The number of alkyl halides is 3. The number of benzene rings is 2. The van der Waals surface area contributed by atoms with Gasteiger partial charge in [0, 0.05) is 0 Å². The Kier molecular flexibility index (Phi) is 4.54. The molecule has 0 spiro atoms. The first-order chi connectivity index (χ1) is 10.8. The molecule has 0 unspecified atom stereocenters. The molecule has 0 amide bonds. The van der Waals surface area contributed by atoms with Crippen molar-refractivity contribution in [2.24, 2.45) is 27.2 Å². The summed E-state index contributed by atoms with van der Waals surface area (Å²) < 4.78 is 38.2. The second-order valence-corrected chi connectivity index (χ2v) is 4.63. The van der Waals surface area contributed by atoms with E-state index in [2.05, 4.69) is 9.98 Å². The first-order valence-electron chi connectivity index (χ1n) is 6.47. The maximum absolute atomic E-state index is 12.7. The number of nitrogens with zero attached hydrogens (tertiary/aromatic N) is 2. The third-order valence-corrected chi connectivity index (χ3v) is 2.88. The number of aliphatic imine (C=N–C) groups is 2. The minimum atomic E-state index is -4.38. The number of guanidine groups is 2. The van der Waals surface area contributed by atoms with Crippen LogP contribution in [0.15, 0.2) is 58.5 Å². The Morgan fingerprint density at radius 2 is 1.52 bits per heavy atom. The van der Waals surface area contributed by atoms with Gasteiger partial charge in [-0.1, -0.05) is 24.3 Å². The molecular weight excluding hydrogens is 307 g/mol. The van der Waals surface area contributed by atoms with Gasteiger partial charge in [-0.3, -0.25) is 0 Å². The topological polar surface area (TPSA) is 103 Å². The van der Waals surface area contributed by atoms with Crippen molar-refractivity contribution in [3.05, 3.63) is 54.1 Å². The van der Waals surface area contributed by atoms with Crippen LogP contribution >= 0.6 is 0 Å². The van der Waals surface area contributed by atoms with Crippen molar-refractivity contribution in [1.82, 2.24) is 0 Å². The summed E-state index contributed by atoms with van der Waals surface area (Å²) >= 11 is 0. The van der Waals surface area contributed by atoms with Crippen molar-refractivity contribution in [1.29, 1.82) is 0 Å².